The highest BCUT2D eigenvalue weighted by Crippen LogP contribution is 2.29. The van der Waals surface area contributed by atoms with E-state index in [9.17, 15) is 19.7 Å². The van der Waals surface area contributed by atoms with Gasteiger partial charge in [-0.25, -0.2) is 4.98 Å². The zero-order valence-corrected chi connectivity index (χ0v) is 18.7. The van der Waals surface area contributed by atoms with Gasteiger partial charge < -0.3 is 19.5 Å². The molecule has 0 bridgehead atoms. The molecular formula is C21H20N4O7S. The van der Waals surface area contributed by atoms with Gasteiger partial charge in [0.15, 0.2) is 5.13 Å². The summed E-state index contributed by atoms with van der Waals surface area (Å²) in [5.74, 6) is 0.295. The van der Waals surface area contributed by atoms with E-state index in [1.807, 2.05) is 0 Å². The Labute approximate surface area is 192 Å². The van der Waals surface area contributed by atoms with Crippen LogP contribution < -0.4 is 24.8 Å². The maximum absolute atomic E-state index is 12.6. The van der Waals surface area contributed by atoms with Crippen molar-refractivity contribution in [2.75, 3.05) is 32.0 Å². The maximum Gasteiger partial charge on any atom is 0.273 e. The number of non-ortho nitro benzene ring substituents is 1. The van der Waals surface area contributed by atoms with Crippen LogP contribution in [0.5, 0.6) is 17.2 Å². The van der Waals surface area contributed by atoms with Crippen molar-refractivity contribution < 1.29 is 28.7 Å². The molecule has 12 heteroatoms. The van der Waals surface area contributed by atoms with Crippen molar-refractivity contribution >= 4 is 39.7 Å². The minimum atomic E-state index is -0.555. The standard InChI is InChI=1S/C21H20N4O7S/c1-30-15-6-12(7-16(10-15)31-2)20(27)24-21-22-13(11-33-21)8-19(26)23-17-5-4-14(25(28)29)9-18(17)32-3/h4-7,9-11H,8H2,1-3H3,(H,23,26)(H,22,24,27). The SMILES string of the molecule is COc1cc(OC)cc(C(=O)Nc2nc(CC(=O)Nc3ccc([N+](=O)[O-])cc3OC)cs2)c1. The summed E-state index contributed by atoms with van der Waals surface area (Å²) < 4.78 is 15.5. The molecule has 2 aromatic carbocycles. The van der Waals surface area contributed by atoms with Crippen molar-refractivity contribution in [3.8, 4) is 17.2 Å². The topological polar surface area (TPSA) is 142 Å². The van der Waals surface area contributed by atoms with E-state index in [1.54, 1.807) is 23.6 Å². The Hall–Kier alpha value is -4.19. The summed E-state index contributed by atoms with van der Waals surface area (Å²) >= 11 is 1.17. The lowest BCUT2D eigenvalue weighted by atomic mass is 10.2. The number of carbonyl (C=O) groups excluding carboxylic acids is 2. The molecule has 172 valence electrons. The largest absolute Gasteiger partial charge is 0.497 e. The summed E-state index contributed by atoms with van der Waals surface area (Å²) in [7, 11) is 4.32. The van der Waals surface area contributed by atoms with Crippen LogP contribution in [-0.2, 0) is 11.2 Å². The molecule has 0 aliphatic heterocycles. The van der Waals surface area contributed by atoms with Crippen molar-refractivity contribution in [1.82, 2.24) is 4.98 Å². The number of aromatic nitrogens is 1. The Morgan fingerprint density at radius 1 is 1.03 bits per heavy atom. The van der Waals surface area contributed by atoms with Gasteiger partial charge >= 0.3 is 0 Å². The fourth-order valence-corrected chi connectivity index (χ4v) is 3.51. The van der Waals surface area contributed by atoms with E-state index in [2.05, 4.69) is 15.6 Å². The number of nitrogens with zero attached hydrogens (tertiary/aromatic N) is 2. The van der Waals surface area contributed by atoms with Crippen LogP contribution in [-0.4, -0.2) is 43.1 Å². The number of amides is 2. The molecule has 3 aromatic rings. The number of thiazole rings is 1. The molecule has 2 N–H and O–H groups in total. The first-order valence-corrected chi connectivity index (χ1v) is 10.3. The van der Waals surface area contributed by atoms with Crippen molar-refractivity contribution in [2.24, 2.45) is 0 Å². The van der Waals surface area contributed by atoms with Crippen LogP contribution >= 0.6 is 11.3 Å². The van der Waals surface area contributed by atoms with Gasteiger partial charge in [-0.1, -0.05) is 0 Å². The van der Waals surface area contributed by atoms with Crippen LogP contribution in [0.25, 0.3) is 0 Å². The molecule has 0 fully saturated rings. The normalized spacial score (nSPS) is 10.3. The van der Waals surface area contributed by atoms with Gasteiger partial charge in [-0.3, -0.25) is 25.0 Å². The lowest BCUT2D eigenvalue weighted by Gasteiger charge is -2.09. The third kappa shape index (κ3) is 5.95. The fraction of sp³-hybridized carbons (Fsp3) is 0.190. The van der Waals surface area contributed by atoms with Crippen LogP contribution in [0.4, 0.5) is 16.5 Å². The number of carbonyl (C=O) groups is 2. The van der Waals surface area contributed by atoms with Gasteiger partial charge in [0.25, 0.3) is 11.6 Å². The minimum Gasteiger partial charge on any atom is -0.497 e. The molecule has 0 unspecified atom stereocenters. The number of methoxy groups -OCH3 is 3. The molecule has 1 heterocycles. The second-order valence-corrected chi connectivity index (χ2v) is 7.42. The second-order valence-electron chi connectivity index (χ2n) is 6.57. The van der Waals surface area contributed by atoms with Gasteiger partial charge in [-0.2, -0.15) is 0 Å². The molecule has 3 rings (SSSR count). The number of hydrogen-bond acceptors (Lipinski definition) is 9. The zero-order chi connectivity index (χ0) is 24.0. The molecule has 2 amide bonds. The summed E-state index contributed by atoms with van der Waals surface area (Å²) in [4.78, 5) is 39.6. The Bertz CT molecular complexity index is 1170. The number of benzene rings is 2. The molecule has 33 heavy (non-hydrogen) atoms. The van der Waals surface area contributed by atoms with Gasteiger partial charge in [-0.05, 0) is 18.2 Å². The van der Waals surface area contributed by atoms with E-state index in [0.717, 1.165) is 0 Å². The number of hydrogen-bond donors (Lipinski definition) is 2. The highest BCUT2D eigenvalue weighted by atomic mass is 32.1. The molecule has 0 aliphatic rings. The van der Waals surface area contributed by atoms with Crippen LogP contribution in [0.3, 0.4) is 0 Å². The fourth-order valence-electron chi connectivity index (χ4n) is 2.81. The number of anilines is 2. The number of nitro groups is 1. The predicted molar refractivity (Wildman–Crippen MR) is 122 cm³/mol. The van der Waals surface area contributed by atoms with Crippen molar-refractivity contribution in [1.29, 1.82) is 0 Å². The third-order valence-corrected chi connectivity index (χ3v) is 5.20. The average molecular weight is 472 g/mol. The van der Waals surface area contributed by atoms with Crippen LogP contribution in [0.2, 0.25) is 0 Å². The molecule has 0 radical (unpaired) electrons. The first-order chi connectivity index (χ1) is 15.8. The molecule has 1 aromatic heterocycles. The average Bonchev–Trinajstić information content (AvgIpc) is 3.24. The number of nitrogens with one attached hydrogen (secondary N) is 2. The summed E-state index contributed by atoms with van der Waals surface area (Å²) in [6.07, 6.45) is -0.0699. The monoisotopic (exact) mass is 472 g/mol. The van der Waals surface area contributed by atoms with E-state index in [0.29, 0.717) is 33.6 Å². The molecule has 0 aliphatic carbocycles. The van der Waals surface area contributed by atoms with Crippen LogP contribution in [0, 0.1) is 10.1 Å². The van der Waals surface area contributed by atoms with Gasteiger partial charge in [0.1, 0.15) is 17.2 Å². The highest BCUT2D eigenvalue weighted by Gasteiger charge is 2.16. The summed E-state index contributed by atoms with van der Waals surface area (Å²) in [5, 5.41) is 18.2. The molecule has 11 nitrogen and oxygen atoms in total. The van der Waals surface area contributed by atoms with Crippen LogP contribution in [0.15, 0.2) is 41.8 Å². The van der Waals surface area contributed by atoms with E-state index in [4.69, 9.17) is 14.2 Å². The first-order valence-electron chi connectivity index (χ1n) is 9.44. The second kappa shape index (κ2) is 10.4. The lowest BCUT2D eigenvalue weighted by Crippen LogP contribution is -2.16. The zero-order valence-electron chi connectivity index (χ0n) is 17.9. The number of rotatable bonds is 9. The number of ether oxygens (including phenoxy) is 3. The smallest absolute Gasteiger partial charge is 0.273 e. The van der Waals surface area contributed by atoms with Gasteiger partial charge in [0.05, 0.1) is 50.1 Å². The van der Waals surface area contributed by atoms with E-state index in [-0.39, 0.29) is 17.9 Å². The Morgan fingerprint density at radius 3 is 2.33 bits per heavy atom. The van der Waals surface area contributed by atoms with Gasteiger partial charge in [0, 0.05) is 23.1 Å². The molecule has 0 atom stereocenters. The quantitative estimate of drug-likeness (QED) is 0.356. The predicted octanol–water partition coefficient (Wildman–Crippen LogP) is 3.51. The lowest BCUT2D eigenvalue weighted by molar-refractivity contribution is -0.384. The van der Waals surface area contributed by atoms with Gasteiger partial charge in [0.2, 0.25) is 5.91 Å². The maximum atomic E-state index is 12.6. The van der Waals surface area contributed by atoms with E-state index >= 15 is 0 Å². The molecule has 0 spiro atoms. The van der Waals surface area contributed by atoms with Crippen molar-refractivity contribution in [3.63, 3.8) is 0 Å². The van der Waals surface area contributed by atoms with Crippen molar-refractivity contribution in [3.05, 3.63) is 63.1 Å². The van der Waals surface area contributed by atoms with Crippen LogP contribution in [0.1, 0.15) is 16.1 Å². The summed E-state index contributed by atoms with van der Waals surface area (Å²) in [6, 6.07) is 8.66. The Kier molecular flexibility index (Phi) is 7.41. The van der Waals surface area contributed by atoms with Crippen molar-refractivity contribution in [2.45, 2.75) is 6.42 Å². The summed E-state index contributed by atoms with van der Waals surface area (Å²) in [5.41, 5.74) is 0.907. The van der Waals surface area contributed by atoms with Gasteiger partial charge in [-0.15, -0.1) is 11.3 Å². The van der Waals surface area contributed by atoms with E-state index in [1.165, 1.54) is 50.9 Å². The Morgan fingerprint density at radius 2 is 1.73 bits per heavy atom. The number of nitro benzene ring substituents is 1. The van der Waals surface area contributed by atoms with E-state index < -0.39 is 16.7 Å². The summed E-state index contributed by atoms with van der Waals surface area (Å²) in [6.45, 7) is 0. The third-order valence-electron chi connectivity index (χ3n) is 4.40. The first kappa shape index (κ1) is 23.5. The Balaban J connectivity index is 1.65. The molecule has 0 saturated carbocycles. The molecule has 0 saturated heterocycles. The molecular weight excluding hydrogens is 452 g/mol. The highest BCUT2D eigenvalue weighted by molar-refractivity contribution is 7.14. The minimum absolute atomic E-state index is 0.0699.